The summed E-state index contributed by atoms with van der Waals surface area (Å²) >= 11 is 6.60. The van der Waals surface area contributed by atoms with E-state index in [0.29, 0.717) is 53.6 Å². The molecule has 3 heterocycles. The van der Waals surface area contributed by atoms with Crippen molar-refractivity contribution in [2.45, 2.75) is 31.3 Å². The van der Waals surface area contributed by atoms with Crippen molar-refractivity contribution in [2.75, 3.05) is 44.7 Å². The van der Waals surface area contributed by atoms with Gasteiger partial charge in [-0.05, 0) is 55.6 Å². The molecule has 2 fully saturated rings. The van der Waals surface area contributed by atoms with Crippen LogP contribution in [0.3, 0.4) is 0 Å². The van der Waals surface area contributed by atoms with Gasteiger partial charge in [-0.3, -0.25) is 4.79 Å². The number of nitriles is 1. The maximum absolute atomic E-state index is 16.6. The lowest BCUT2D eigenvalue weighted by molar-refractivity contribution is -0.128. The van der Waals surface area contributed by atoms with E-state index in [1.54, 1.807) is 17.0 Å². The van der Waals surface area contributed by atoms with E-state index in [2.05, 4.69) is 29.6 Å². The summed E-state index contributed by atoms with van der Waals surface area (Å²) in [4.78, 5) is 27.8. The Kier molecular flexibility index (Phi) is 8.15. The summed E-state index contributed by atoms with van der Waals surface area (Å²) in [6.45, 7) is 6.17. The summed E-state index contributed by atoms with van der Waals surface area (Å²) < 4.78 is 22.8. The third-order valence-electron chi connectivity index (χ3n) is 8.55. The van der Waals surface area contributed by atoms with Gasteiger partial charge in [0.05, 0.1) is 18.5 Å². The monoisotopic (exact) mass is 598 g/mol. The SMILES string of the molecule is C=CC(=O)N1CCN(c2nc(OC[C@@H]3CCCN3C)nc3c(F)c(-c4cccc5cccc(Cl)c45)ccc23)C[C@@H]1CC#N. The molecule has 8 nitrogen and oxygen atoms in total. The summed E-state index contributed by atoms with van der Waals surface area (Å²) in [6.07, 6.45) is 3.51. The Morgan fingerprint density at radius 2 is 1.95 bits per heavy atom. The van der Waals surface area contributed by atoms with E-state index in [1.807, 2.05) is 41.3 Å². The zero-order valence-corrected chi connectivity index (χ0v) is 24.7. The molecule has 0 N–H and O–H groups in total. The van der Waals surface area contributed by atoms with E-state index in [4.69, 9.17) is 21.3 Å². The fourth-order valence-electron chi connectivity index (χ4n) is 6.25. The zero-order chi connectivity index (χ0) is 30.1. The number of halogens is 2. The van der Waals surface area contributed by atoms with Crippen LogP contribution in [0.15, 0.2) is 61.2 Å². The number of likely N-dealkylation sites (N-methyl/N-ethyl adjacent to an activating group) is 1. The summed E-state index contributed by atoms with van der Waals surface area (Å²) in [5, 5.41) is 12.2. The van der Waals surface area contributed by atoms with Gasteiger partial charge in [0.15, 0.2) is 5.82 Å². The fraction of sp³-hybridized carbons (Fsp3) is 0.333. The van der Waals surface area contributed by atoms with Crippen LogP contribution < -0.4 is 9.64 Å². The number of likely N-dealkylation sites (tertiary alicyclic amines) is 1. The van der Waals surface area contributed by atoms with Crippen molar-refractivity contribution < 1.29 is 13.9 Å². The Morgan fingerprint density at radius 1 is 1.14 bits per heavy atom. The molecule has 1 aromatic heterocycles. The van der Waals surface area contributed by atoms with E-state index in [9.17, 15) is 10.1 Å². The molecule has 220 valence electrons. The number of amides is 1. The van der Waals surface area contributed by atoms with Gasteiger partial charge in [-0.25, -0.2) is 4.39 Å². The molecule has 2 aliphatic heterocycles. The van der Waals surface area contributed by atoms with E-state index < -0.39 is 5.82 Å². The number of carbonyl (C=O) groups is 1. The molecule has 6 rings (SSSR count). The molecule has 2 saturated heterocycles. The third kappa shape index (κ3) is 5.49. The number of anilines is 1. The first kappa shape index (κ1) is 28.8. The maximum atomic E-state index is 16.6. The average molecular weight is 599 g/mol. The number of hydrogen-bond donors (Lipinski definition) is 0. The number of carbonyl (C=O) groups excluding carboxylic acids is 1. The Bertz CT molecular complexity index is 1750. The highest BCUT2D eigenvalue weighted by Gasteiger charge is 2.32. The molecule has 0 bridgehead atoms. The lowest BCUT2D eigenvalue weighted by atomic mass is 9.96. The van der Waals surface area contributed by atoms with Gasteiger partial charge in [0.25, 0.3) is 0 Å². The molecule has 0 unspecified atom stereocenters. The van der Waals surface area contributed by atoms with E-state index in [-0.39, 0.29) is 35.9 Å². The Morgan fingerprint density at radius 3 is 2.70 bits per heavy atom. The Labute approximate surface area is 254 Å². The highest BCUT2D eigenvalue weighted by molar-refractivity contribution is 6.36. The number of benzene rings is 3. The normalized spacial score (nSPS) is 19.1. The van der Waals surface area contributed by atoms with Crippen LogP contribution in [0, 0.1) is 17.1 Å². The molecule has 0 saturated carbocycles. The molecule has 43 heavy (non-hydrogen) atoms. The molecular formula is C33H32ClFN6O2. The summed E-state index contributed by atoms with van der Waals surface area (Å²) in [6, 6.07) is 17.0. The largest absolute Gasteiger partial charge is 0.462 e. The lowest BCUT2D eigenvalue weighted by Crippen LogP contribution is -2.55. The molecule has 1 amide bonds. The van der Waals surface area contributed by atoms with Crippen LogP contribution in [0.25, 0.3) is 32.8 Å². The number of fused-ring (bicyclic) bond motifs is 2. The average Bonchev–Trinajstić information content (AvgIpc) is 3.44. The van der Waals surface area contributed by atoms with Crippen LogP contribution in [0.2, 0.25) is 5.02 Å². The minimum atomic E-state index is -0.495. The van der Waals surface area contributed by atoms with Gasteiger partial charge in [0.2, 0.25) is 5.91 Å². The van der Waals surface area contributed by atoms with Crippen molar-refractivity contribution in [3.63, 3.8) is 0 Å². The van der Waals surface area contributed by atoms with Gasteiger partial charge < -0.3 is 19.4 Å². The fourth-order valence-corrected chi connectivity index (χ4v) is 6.54. The topological polar surface area (TPSA) is 85.6 Å². The minimum Gasteiger partial charge on any atom is -0.462 e. The van der Waals surface area contributed by atoms with Crippen LogP contribution in [0.1, 0.15) is 19.3 Å². The number of ether oxygens (including phenoxy) is 1. The van der Waals surface area contributed by atoms with Gasteiger partial charge >= 0.3 is 6.01 Å². The molecule has 0 spiro atoms. The van der Waals surface area contributed by atoms with Crippen molar-refractivity contribution in [1.29, 1.82) is 5.26 Å². The van der Waals surface area contributed by atoms with Crippen molar-refractivity contribution in [3.8, 4) is 23.2 Å². The standard InChI is InChI=1S/C33H32ClFN6O2/c1-3-28(42)41-18-17-40(19-22(41)14-15-36)32-26-13-12-25(24-10-4-7-21-8-5-11-27(34)29(21)24)30(35)31(26)37-33(38-32)43-20-23-9-6-16-39(23)2/h3-5,7-8,10-13,22-23H,1,6,9,14,16-20H2,2H3/t22-,23-/m0/s1. The maximum Gasteiger partial charge on any atom is 0.319 e. The van der Waals surface area contributed by atoms with Crippen LogP contribution in [0.4, 0.5) is 10.2 Å². The van der Waals surface area contributed by atoms with Crippen molar-refractivity contribution in [3.05, 3.63) is 72.0 Å². The first-order valence-corrected chi connectivity index (χ1v) is 14.8. The molecule has 3 aromatic carbocycles. The van der Waals surface area contributed by atoms with Crippen molar-refractivity contribution in [1.82, 2.24) is 19.8 Å². The van der Waals surface area contributed by atoms with Crippen LogP contribution >= 0.6 is 11.6 Å². The number of rotatable bonds is 7. The number of piperazine rings is 1. The predicted molar refractivity (Wildman–Crippen MR) is 167 cm³/mol. The smallest absolute Gasteiger partial charge is 0.319 e. The second kappa shape index (κ2) is 12.2. The molecule has 4 aromatic rings. The Balaban J connectivity index is 1.46. The first-order chi connectivity index (χ1) is 20.9. The van der Waals surface area contributed by atoms with Crippen LogP contribution in [-0.2, 0) is 4.79 Å². The van der Waals surface area contributed by atoms with Crippen LogP contribution in [0.5, 0.6) is 6.01 Å². The van der Waals surface area contributed by atoms with Gasteiger partial charge in [-0.15, -0.1) is 0 Å². The van der Waals surface area contributed by atoms with E-state index in [0.717, 1.165) is 30.2 Å². The summed E-state index contributed by atoms with van der Waals surface area (Å²) in [7, 11) is 2.06. The zero-order valence-electron chi connectivity index (χ0n) is 24.0. The predicted octanol–water partition coefficient (Wildman–Crippen LogP) is 5.83. The third-order valence-corrected chi connectivity index (χ3v) is 8.87. The molecule has 2 aliphatic rings. The molecule has 0 aliphatic carbocycles. The number of hydrogen-bond acceptors (Lipinski definition) is 7. The lowest BCUT2D eigenvalue weighted by Gasteiger charge is -2.41. The first-order valence-electron chi connectivity index (χ1n) is 14.5. The minimum absolute atomic E-state index is 0.0937. The number of aromatic nitrogens is 2. The number of nitrogens with zero attached hydrogens (tertiary/aromatic N) is 6. The second-order valence-corrected chi connectivity index (χ2v) is 11.5. The van der Waals surface area contributed by atoms with Gasteiger partial charge in [0, 0.05) is 47.0 Å². The summed E-state index contributed by atoms with van der Waals surface area (Å²) in [5.41, 5.74) is 1.19. The Hall–Kier alpha value is -4.26. The van der Waals surface area contributed by atoms with E-state index in [1.165, 1.54) is 6.08 Å². The highest BCUT2D eigenvalue weighted by atomic mass is 35.5. The second-order valence-electron chi connectivity index (χ2n) is 11.1. The van der Waals surface area contributed by atoms with Gasteiger partial charge in [0.1, 0.15) is 17.9 Å². The van der Waals surface area contributed by atoms with Gasteiger partial charge in [-0.2, -0.15) is 15.2 Å². The summed E-state index contributed by atoms with van der Waals surface area (Å²) in [5.74, 6) is -0.207. The molecule has 2 atom stereocenters. The van der Waals surface area contributed by atoms with Crippen LogP contribution in [-0.4, -0.2) is 77.6 Å². The van der Waals surface area contributed by atoms with Gasteiger partial charge in [-0.1, -0.05) is 54.6 Å². The quantitative estimate of drug-likeness (QED) is 0.247. The highest BCUT2D eigenvalue weighted by Crippen LogP contribution is 2.39. The van der Waals surface area contributed by atoms with Crippen molar-refractivity contribution in [2.24, 2.45) is 0 Å². The molecular weight excluding hydrogens is 567 g/mol. The van der Waals surface area contributed by atoms with Crippen molar-refractivity contribution >= 4 is 45.0 Å². The van der Waals surface area contributed by atoms with E-state index >= 15 is 4.39 Å². The molecule has 10 heteroatoms. The molecule has 0 radical (unpaired) electrons.